The van der Waals surface area contributed by atoms with Crippen molar-refractivity contribution in [2.45, 2.75) is 19.6 Å². The molecule has 0 fully saturated rings. The minimum atomic E-state index is -2.94. The summed E-state index contributed by atoms with van der Waals surface area (Å²) in [4.78, 5) is 12.1. The third-order valence-electron chi connectivity index (χ3n) is 3.35. The topological polar surface area (TPSA) is 70.6 Å². The number of ether oxygens (including phenoxy) is 1. The van der Waals surface area contributed by atoms with Crippen molar-refractivity contribution in [2.24, 2.45) is 0 Å². The van der Waals surface area contributed by atoms with Crippen LogP contribution in [-0.2, 0) is 0 Å². The summed E-state index contributed by atoms with van der Waals surface area (Å²) in [6.07, 6.45) is 0. The SMILES string of the molecule is Cc1ccc(NC(=O)N[C@H](CO)c2ccccc2)cc1OC(F)F. The van der Waals surface area contributed by atoms with E-state index in [4.69, 9.17) is 0 Å². The fraction of sp³-hybridized carbons (Fsp3) is 0.235. The van der Waals surface area contributed by atoms with Crippen molar-refractivity contribution in [2.75, 3.05) is 11.9 Å². The molecule has 2 amide bonds. The molecular weight excluding hydrogens is 318 g/mol. The molecule has 0 saturated heterocycles. The summed E-state index contributed by atoms with van der Waals surface area (Å²) in [5.74, 6) is -0.00966. The summed E-state index contributed by atoms with van der Waals surface area (Å²) in [6.45, 7) is -1.59. The quantitative estimate of drug-likeness (QED) is 0.757. The smallest absolute Gasteiger partial charge is 0.387 e. The molecule has 2 aromatic rings. The molecule has 5 nitrogen and oxygen atoms in total. The van der Waals surface area contributed by atoms with Crippen molar-refractivity contribution in [1.82, 2.24) is 5.32 Å². The van der Waals surface area contributed by atoms with E-state index in [-0.39, 0.29) is 12.4 Å². The molecule has 0 bridgehead atoms. The number of benzene rings is 2. The Kier molecular flexibility index (Phi) is 6.08. The maximum absolute atomic E-state index is 12.4. The van der Waals surface area contributed by atoms with Gasteiger partial charge in [-0.2, -0.15) is 8.78 Å². The molecular formula is C17H18F2N2O3. The first kappa shape index (κ1) is 17.7. The first-order chi connectivity index (χ1) is 11.5. The molecule has 128 valence electrons. The fourth-order valence-corrected chi connectivity index (χ4v) is 2.15. The second-order valence-electron chi connectivity index (χ2n) is 5.10. The second-order valence-corrected chi connectivity index (χ2v) is 5.10. The predicted octanol–water partition coefficient (Wildman–Crippen LogP) is 3.45. The van der Waals surface area contributed by atoms with E-state index in [1.807, 2.05) is 6.07 Å². The minimum absolute atomic E-state index is 0.00966. The Morgan fingerprint density at radius 1 is 1.21 bits per heavy atom. The largest absolute Gasteiger partial charge is 0.434 e. The van der Waals surface area contributed by atoms with Crippen molar-refractivity contribution < 1.29 is 23.4 Å². The van der Waals surface area contributed by atoms with Gasteiger partial charge in [0.15, 0.2) is 0 Å². The third-order valence-corrected chi connectivity index (χ3v) is 3.35. The van der Waals surface area contributed by atoms with Crippen LogP contribution in [0.4, 0.5) is 19.3 Å². The first-order valence-corrected chi connectivity index (χ1v) is 7.28. The number of carbonyl (C=O) groups excluding carboxylic acids is 1. The Labute approximate surface area is 138 Å². The van der Waals surface area contributed by atoms with Gasteiger partial charge in [-0.05, 0) is 24.1 Å². The fourth-order valence-electron chi connectivity index (χ4n) is 2.15. The van der Waals surface area contributed by atoms with Crippen LogP contribution in [0, 0.1) is 6.92 Å². The second kappa shape index (κ2) is 8.26. The number of rotatable bonds is 6. The number of halogens is 2. The number of carbonyl (C=O) groups is 1. The molecule has 0 unspecified atom stereocenters. The maximum Gasteiger partial charge on any atom is 0.387 e. The van der Waals surface area contributed by atoms with Gasteiger partial charge in [0.2, 0.25) is 0 Å². The van der Waals surface area contributed by atoms with Crippen LogP contribution in [0.5, 0.6) is 5.75 Å². The lowest BCUT2D eigenvalue weighted by molar-refractivity contribution is -0.0502. The van der Waals surface area contributed by atoms with Crippen LogP contribution < -0.4 is 15.4 Å². The zero-order valence-corrected chi connectivity index (χ0v) is 13.0. The average molecular weight is 336 g/mol. The van der Waals surface area contributed by atoms with E-state index in [0.29, 0.717) is 11.3 Å². The lowest BCUT2D eigenvalue weighted by atomic mass is 10.1. The Hall–Kier alpha value is -2.67. The van der Waals surface area contributed by atoms with E-state index in [1.165, 1.54) is 6.07 Å². The summed E-state index contributed by atoms with van der Waals surface area (Å²) in [6, 6.07) is 12.3. The van der Waals surface area contributed by atoms with Crippen LogP contribution in [-0.4, -0.2) is 24.4 Å². The zero-order valence-electron chi connectivity index (χ0n) is 13.0. The van der Waals surface area contributed by atoms with Gasteiger partial charge in [0.25, 0.3) is 0 Å². The van der Waals surface area contributed by atoms with Crippen LogP contribution in [0.15, 0.2) is 48.5 Å². The Morgan fingerprint density at radius 3 is 2.54 bits per heavy atom. The summed E-state index contributed by atoms with van der Waals surface area (Å²) < 4.78 is 29.1. The summed E-state index contributed by atoms with van der Waals surface area (Å²) in [7, 11) is 0. The number of aliphatic hydroxyl groups excluding tert-OH is 1. The van der Waals surface area contributed by atoms with Gasteiger partial charge in [0, 0.05) is 11.8 Å². The van der Waals surface area contributed by atoms with E-state index < -0.39 is 18.7 Å². The molecule has 0 aromatic heterocycles. The first-order valence-electron chi connectivity index (χ1n) is 7.28. The summed E-state index contributed by atoms with van der Waals surface area (Å²) >= 11 is 0. The number of nitrogens with one attached hydrogen (secondary N) is 2. The molecule has 2 aromatic carbocycles. The molecule has 0 aliphatic carbocycles. The van der Waals surface area contributed by atoms with Crippen molar-refractivity contribution in [1.29, 1.82) is 0 Å². The number of aryl methyl sites for hydroxylation is 1. The van der Waals surface area contributed by atoms with E-state index in [2.05, 4.69) is 15.4 Å². The molecule has 0 aliphatic rings. The Bertz CT molecular complexity index is 681. The molecule has 0 aliphatic heterocycles. The highest BCUT2D eigenvalue weighted by Gasteiger charge is 2.14. The highest BCUT2D eigenvalue weighted by atomic mass is 19.3. The van der Waals surface area contributed by atoms with Gasteiger partial charge in [-0.25, -0.2) is 4.79 Å². The van der Waals surface area contributed by atoms with Gasteiger partial charge >= 0.3 is 12.6 Å². The van der Waals surface area contributed by atoms with Gasteiger partial charge in [-0.1, -0.05) is 36.4 Å². The van der Waals surface area contributed by atoms with Crippen molar-refractivity contribution in [3.05, 3.63) is 59.7 Å². The normalized spacial score (nSPS) is 11.9. The molecule has 1 atom stereocenters. The van der Waals surface area contributed by atoms with Gasteiger partial charge in [-0.3, -0.25) is 0 Å². The summed E-state index contributed by atoms with van der Waals surface area (Å²) in [5, 5.41) is 14.6. The number of urea groups is 1. The van der Waals surface area contributed by atoms with Gasteiger partial charge < -0.3 is 20.5 Å². The third kappa shape index (κ3) is 4.92. The molecule has 2 rings (SSSR count). The van der Waals surface area contributed by atoms with Crippen molar-refractivity contribution in [3.63, 3.8) is 0 Å². The zero-order chi connectivity index (χ0) is 17.5. The molecule has 0 saturated carbocycles. The molecule has 24 heavy (non-hydrogen) atoms. The van der Waals surface area contributed by atoms with Crippen LogP contribution in [0.25, 0.3) is 0 Å². The van der Waals surface area contributed by atoms with Crippen molar-refractivity contribution >= 4 is 11.7 Å². The molecule has 3 N–H and O–H groups in total. The molecule has 7 heteroatoms. The van der Waals surface area contributed by atoms with Gasteiger partial charge in [0.05, 0.1) is 12.6 Å². The van der Waals surface area contributed by atoms with E-state index >= 15 is 0 Å². The summed E-state index contributed by atoms with van der Waals surface area (Å²) in [5.41, 5.74) is 1.58. The van der Waals surface area contributed by atoms with Gasteiger partial charge in [0.1, 0.15) is 5.75 Å². The van der Waals surface area contributed by atoms with Crippen LogP contribution >= 0.6 is 0 Å². The predicted molar refractivity (Wildman–Crippen MR) is 86.2 cm³/mol. The lowest BCUT2D eigenvalue weighted by Gasteiger charge is -2.17. The number of hydrogen-bond donors (Lipinski definition) is 3. The van der Waals surface area contributed by atoms with E-state index in [1.54, 1.807) is 43.3 Å². The Morgan fingerprint density at radius 2 is 1.92 bits per heavy atom. The maximum atomic E-state index is 12.4. The number of aliphatic hydroxyl groups is 1. The van der Waals surface area contributed by atoms with E-state index in [0.717, 1.165) is 5.56 Å². The van der Waals surface area contributed by atoms with Crippen molar-refractivity contribution in [3.8, 4) is 5.75 Å². The highest BCUT2D eigenvalue weighted by molar-refractivity contribution is 5.89. The number of hydrogen-bond acceptors (Lipinski definition) is 3. The van der Waals surface area contributed by atoms with E-state index in [9.17, 15) is 18.7 Å². The highest BCUT2D eigenvalue weighted by Crippen LogP contribution is 2.24. The number of alkyl halides is 2. The van der Waals surface area contributed by atoms with Gasteiger partial charge in [-0.15, -0.1) is 0 Å². The standard InChI is InChI=1S/C17H18F2N2O3/c1-11-7-8-13(9-15(11)24-16(18)19)20-17(23)21-14(10-22)12-5-3-2-4-6-12/h2-9,14,16,22H,10H2,1H3,(H2,20,21,23)/t14-/m1/s1. The number of amides is 2. The Balaban J connectivity index is 2.04. The lowest BCUT2D eigenvalue weighted by Crippen LogP contribution is -2.34. The molecule has 0 radical (unpaired) electrons. The van der Waals surface area contributed by atoms with Crippen LogP contribution in [0.3, 0.4) is 0 Å². The molecule has 0 spiro atoms. The number of anilines is 1. The average Bonchev–Trinajstić information content (AvgIpc) is 2.56. The molecule has 0 heterocycles. The minimum Gasteiger partial charge on any atom is -0.434 e. The monoisotopic (exact) mass is 336 g/mol. The van der Waals surface area contributed by atoms with Crippen LogP contribution in [0.1, 0.15) is 17.2 Å². The van der Waals surface area contributed by atoms with Crippen LogP contribution in [0.2, 0.25) is 0 Å².